The molecule has 1 atom stereocenters. The number of Topliss-reactive ketones (excluding diaryl/α,β-unsaturated/α-hetero) is 1. The molecule has 1 unspecified atom stereocenters. The molecule has 0 aliphatic heterocycles. The highest BCUT2D eigenvalue weighted by molar-refractivity contribution is 5.91. The van der Waals surface area contributed by atoms with Gasteiger partial charge in [0.25, 0.3) is 0 Å². The highest BCUT2D eigenvalue weighted by Crippen LogP contribution is 2.34. The fraction of sp³-hybridized carbons (Fsp3) is 0.520. The number of hydrogen-bond acceptors (Lipinski definition) is 6. The number of aliphatic hydroxyl groups is 1. The third-order valence-corrected chi connectivity index (χ3v) is 5.36. The van der Waals surface area contributed by atoms with Gasteiger partial charge in [-0.2, -0.15) is 0 Å². The average molecular weight is 430 g/mol. The molecule has 0 saturated heterocycles. The fourth-order valence-electron chi connectivity index (χ4n) is 3.58. The summed E-state index contributed by atoms with van der Waals surface area (Å²) in [7, 11) is 0. The third kappa shape index (κ3) is 7.33. The van der Waals surface area contributed by atoms with E-state index in [1.807, 2.05) is 36.4 Å². The Kier molecular flexibility index (Phi) is 9.95. The van der Waals surface area contributed by atoms with Crippen molar-refractivity contribution in [2.45, 2.75) is 58.5 Å². The van der Waals surface area contributed by atoms with Gasteiger partial charge in [0.05, 0.1) is 0 Å². The molecule has 1 N–H and O–H groups in total. The molecule has 0 amide bonds. The molecule has 6 nitrogen and oxygen atoms in total. The predicted octanol–water partition coefficient (Wildman–Crippen LogP) is 4.04. The second-order valence-electron chi connectivity index (χ2n) is 7.75. The summed E-state index contributed by atoms with van der Waals surface area (Å²) in [6, 6.07) is 9.75. The first-order valence-corrected chi connectivity index (χ1v) is 11.2. The fourth-order valence-corrected chi connectivity index (χ4v) is 3.58. The first-order chi connectivity index (χ1) is 14.9. The molecule has 170 valence electrons. The Hall–Kier alpha value is -2.44. The molecular formula is C25H35NO5. The molecule has 0 radical (unpaired) electrons. The molecule has 0 aromatic heterocycles. The Balaban J connectivity index is 1.98. The van der Waals surface area contributed by atoms with Crippen molar-refractivity contribution >= 4 is 11.8 Å². The summed E-state index contributed by atoms with van der Waals surface area (Å²) in [5.41, 5.74) is -0.805. The Morgan fingerprint density at radius 3 is 2.42 bits per heavy atom. The largest absolute Gasteiger partial charge is 0.492 e. The van der Waals surface area contributed by atoms with Gasteiger partial charge >= 0.3 is 5.97 Å². The first kappa shape index (κ1) is 24.8. The minimum atomic E-state index is -1.77. The van der Waals surface area contributed by atoms with Crippen molar-refractivity contribution in [2.24, 2.45) is 0 Å². The van der Waals surface area contributed by atoms with Crippen LogP contribution < -0.4 is 4.74 Å². The van der Waals surface area contributed by atoms with E-state index in [-0.39, 0.29) is 30.8 Å². The number of nitrogens with zero attached hydrogens (tertiary/aromatic N) is 1. The number of ketones is 1. The van der Waals surface area contributed by atoms with Crippen molar-refractivity contribution in [3.63, 3.8) is 0 Å². The molecule has 0 heterocycles. The molecule has 1 aliphatic rings. The Morgan fingerprint density at radius 1 is 1.03 bits per heavy atom. The number of allylic oxidation sites excluding steroid dienone is 2. The Bertz CT molecular complexity index is 786. The monoisotopic (exact) mass is 429 g/mol. The number of benzene rings is 1. The van der Waals surface area contributed by atoms with Gasteiger partial charge in [-0.3, -0.25) is 14.5 Å². The molecule has 0 fully saturated rings. The van der Waals surface area contributed by atoms with Crippen LogP contribution in [-0.4, -0.2) is 53.6 Å². The summed E-state index contributed by atoms with van der Waals surface area (Å²) in [5.74, 6) is 0.0980. The second kappa shape index (κ2) is 12.4. The van der Waals surface area contributed by atoms with Crippen LogP contribution in [0.15, 0.2) is 53.8 Å². The van der Waals surface area contributed by atoms with E-state index in [4.69, 9.17) is 9.47 Å². The van der Waals surface area contributed by atoms with Crippen molar-refractivity contribution in [2.75, 3.05) is 26.2 Å². The van der Waals surface area contributed by atoms with Crippen molar-refractivity contribution in [1.29, 1.82) is 0 Å². The lowest BCUT2D eigenvalue weighted by Crippen LogP contribution is -2.43. The van der Waals surface area contributed by atoms with Gasteiger partial charge in [0.15, 0.2) is 11.4 Å². The van der Waals surface area contributed by atoms with Crippen LogP contribution in [0, 0.1) is 0 Å². The van der Waals surface area contributed by atoms with Crippen LogP contribution in [0.3, 0.4) is 0 Å². The lowest BCUT2D eigenvalue weighted by molar-refractivity contribution is -0.148. The maximum atomic E-state index is 12.5. The van der Waals surface area contributed by atoms with E-state index in [1.165, 1.54) is 0 Å². The Labute approximate surface area is 185 Å². The summed E-state index contributed by atoms with van der Waals surface area (Å²) in [6.07, 6.45) is 5.69. The highest BCUT2D eigenvalue weighted by Gasteiger charge is 2.43. The third-order valence-electron chi connectivity index (χ3n) is 5.36. The average Bonchev–Trinajstić information content (AvgIpc) is 2.79. The zero-order valence-electron chi connectivity index (χ0n) is 18.9. The number of hydrogen-bond donors (Lipinski definition) is 1. The van der Waals surface area contributed by atoms with Crippen LogP contribution in [-0.2, 0) is 14.3 Å². The summed E-state index contributed by atoms with van der Waals surface area (Å²) in [4.78, 5) is 26.5. The number of carbonyl (C=O) groups excluding carboxylic acids is 2. The first-order valence-electron chi connectivity index (χ1n) is 11.2. The van der Waals surface area contributed by atoms with E-state index in [2.05, 4.69) is 11.8 Å². The molecule has 1 aliphatic carbocycles. The summed E-state index contributed by atoms with van der Waals surface area (Å²) >= 11 is 0. The van der Waals surface area contributed by atoms with E-state index >= 15 is 0 Å². The molecule has 2 rings (SSSR count). The number of esters is 1. The molecular weight excluding hydrogens is 394 g/mol. The standard InChI is InChI=1S/C25H35NO5/c1-4-15-26(17-18-30-21-10-8-7-9-11-21)16-14-20-12-13-23(31-24(28)6-3)25(29,19-20)22(27)5-2/h7-13,29H,4-6,14-19H2,1-3H3. The number of ether oxygens (including phenoxy) is 2. The predicted molar refractivity (Wildman–Crippen MR) is 121 cm³/mol. The smallest absolute Gasteiger partial charge is 0.310 e. The highest BCUT2D eigenvalue weighted by atomic mass is 16.5. The summed E-state index contributed by atoms with van der Waals surface area (Å²) < 4.78 is 11.1. The summed E-state index contributed by atoms with van der Waals surface area (Å²) in [6.45, 7) is 8.65. The van der Waals surface area contributed by atoms with Gasteiger partial charge in [-0.1, -0.05) is 50.6 Å². The SMILES string of the molecule is CCCN(CCOc1ccccc1)CCC1=CC=C(OC(=O)CC)C(O)(C(=O)CC)C1. The number of carbonyl (C=O) groups is 2. The van der Waals surface area contributed by atoms with E-state index in [9.17, 15) is 14.7 Å². The van der Waals surface area contributed by atoms with Crippen LogP contribution >= 0.6 is 0 Å². The lowest BCUT2D eigenvalue weighted by Gasteiger charge is -2.32. The van der Waals surface area contributed by atoms with Gasteiger partial charge in [0, 0.05) is 32.4 Å². The zero-order chi connectivity index (χ0) is 22.7. The van der Waals surface area contributed by atoms with E-state index in [1.54, 1.807) is 19.9 Å². The molecule has 1 aromatic carbocycles. The second-order valence-corrected chi connectivity index (χ2v) is 7.75. The van der Waals surface area contributed by atoms with E-state index < -0.39 is 11.6 Å². The van der Waals surface area contributed by atoms with Gasteiger partial charge < -0.3 is 14.6 Å². The molecule has 1 aromatic rings. The zero-order valence-corrected chi connectivity index (χ0v) is 18.9. The van der Waals surface area contributed by atoms with Crippen molar-refractivity contribution in [1.82, 2.24) is 4.90 Å². The topological polar surface area (TPSA) is 76.1 Å². The van der Waals surface area contributed by atoms with Crippen LogP contribution in [0.25, 0.3) is 0 Å². The normalized spacial score (nSPS) is 18.4. The van der Waals surface area contributed by atoms with E-state index in [0.29, 0.717) is 6.61 Å². The van der Waals surface area contributed by atoms with Gasteiger partial charge in [-0.25, -0.2) is 0 Å². The Morgan fingerprint density at radius 2 is 1.77 bits per heavy atom. The molecule has 31 heavy (non-hydrogen) atoms. The van der Waals surface area contributed by atoms with Crippen LogP contribution in [0.2, 0.25) is 0 Å². The van der Waals surface area contributed by atoms with Gasteiger partial charge in [-0.05, 0) is 37.6 Å². The van der Waals surface area contributed by atoms with Crippen molar-refractivity contribution < 1.29 is 24.2 Å². The van der Waals surface area contributed by atoms with Crippen molar-refractivity contribution in [3.8, 4) is 5.75 Å². The van der Waals surface area contributed by atoms with Crippen molar-refractivity contribution in [3.05, 3.63) is 53.8 Å². The summed E-state index contributed by atoms with van der Waals surface area (Å²) in [5, 5.41) is 11.1. The minimum absolute atomic E-state index is 0.0385. The maximum Gasteiger partial charge on any atom is 0.310 e. The lowest BCUT2D eigenvalue weighted by atomic mass is 9.82. The number of para-hydroxylation sites is 1. The quantitative estimate of drug-likeness (QED) is 0.477. The maximum absolute atomic E-state index is 12.5. The van der Waals surface area contributed by atoms with Crippen LogP contribution in [0.5, 0.6) is 5.75 Å². The molecule has 6 heteroatoms. The minimum Gasteiger partial charge on any atom is -0.492 e. The molecule has 0 bridgehead atoms. The molecule has 0 saturated carbocycles. The van der Waals surface area contributed by atoms with E-state index in [0.717, 1.165) is 43.8 Å². The van der Waals surface area contributed by atoms with Gasteiger partial charge in [-0.15, -0.1) is 0 Å². The van der Waals surface area contributed by atoms with Gasteiger partial charge in [0.1, 0.15) is 18.1 Å². The van der Waals surface area contributed by atoms with Crippen LogP contribution in [0.1, 0.15) is 52.9 Å². The molecule has 0 spiro atoms. The van der Waals surface area contributed by atoms with Gasteiger partial charge in [0.2, 0.25) is 0 Å². The van der Waals surface area contributed by atoms with Crippen LogP contribution in [0.4, 0.5) is 0 Å². The number of rotatable bonds is 13.